The summed E-state index contributed by atoms with van der Waals surface area (Å²) in [6, 6.07) is 0. The first-order valence-corrected chi connectivity index (χ1v) is 11.4. The van der Waals surface area contributed by atoms with Crippen LogP contribution in [0.25, 0.3) is 0 Å². The number of carbonyl (C=O) groups excluding carboxylic acids is 2. The third kappa shape index (κ3) is 12.6. The second-order valence-corrected chi connectivity index (χ2v) is 8.05. The Bertz CT molecular complexity index is 1130. The molecule has 0 aliphatic rings. The number of aliphatic carboxylic acids is 2. The van der Waals surface area contributed by atoms with E-state index < -0.39 is 59.9 Å². The van der Waals surface area contributed by atoms with Gasteiger partial charge in [0.1, 0.15) is 38.7 Å². The zero-order valence-corrected chi connectivity index (χ0v) is 23.2. The molecule has 2 aromatic heterocycles. The molecule has 218 valence electrons. The molecule has 2 heterocycles. The van der Waals surface area contributed by atoms with E-state index in [0.29, 0.717) is 0 Å². The summed E-state index contributed by atoms with van der Waals surface area (Å²) in [5.41, 5.74) is 0. The number of nitrogens with zero attached hydrogens (tertiary/aromatic N) is 8. The molecule has 20 nitrogen and oxygen atoms in total. The Balaban J connectivity index is 0.00000840. The Morgan fingerprint density at radius 1 is 0.756 bits per heavy atom. The van der Waals surface area contributed by atoms with E-state index in [-0.39, 0.29) is 71.1 Å². The molecule has 21 heteroatoms. The number of carboxylic acids is 2. The second kappa shape index (κ2) is 17.4. The first-order chi connectivity index (χ1) is 19.0. The molecular weight excluding hydrogens is 643 g/mol. The fourth-order valence-electron chi connectivity index (χ4n) is 3.34. The van der Waals surface area contributed by atoms with E-state index in [4.69, 9.17) is 19.7 Å². The largest absolute Gasteiger partial charge is 7.00 e. The van der Waals surface area contributed by atoms with Crippen molar-refractivity contribution in [3.63, 3.8) is 0 Å². The molecule has 2 N–H and O–H groups in total. The van der Waals surface area contributed by atoms with Gasteiger partial charge in [-0.15, -0.1) is 0 Å². The molecule has 41 heavy (non-hydrogen) atoms. The maximum atomic E-state index is 12.2. The van der Waals surface area contributed by atoms with Crippen molar-refractivity contribution in [3.8, 4) is 0 Å². The molecular formula is C20H26N8O12Tc+7. The maximum absolute atomic E-state index is 12.2. The molecule has 0 aromatic carbocycles. The van der Waals surface area contributed by atoms with Crippen LogP contribution in [0.4, 0.5) is 11.6 Å². The fourth-order valence-corrected chi connectivity index (χ4v) is 3.34. The van der Waals surface area contributed by atoms with Crippen molar-refractivity contribution >= 4 is 35.5 Å². The van der Waals surface area contributed by atoms with Gasteiger partial charge < -0.3 is 39.9 Å². The first kappa shape index (κ1) is 34.7. The molecule has 0 atom stereocenters. The predicted octanol–water partition coefficient (Wildman–Crippen LogP) is -1.55. The molecule has 0 bridgehead atoms. The molecule has 0 amide bonds. The van der Waals surface area contributed by atoms with Crippen molar-refractivity contribution in [2.75, 3.05) is 52.5 Å². The third-order valence-electron chi connectivity index (χ3n) is 5.10. The molecule has 0 aliphatic heterocycles. The Hall–Kier alpha value is -4.33. The molecule has 0 unspecified atom stereocenters. The summed E-state index contributed by atoms with van der Waals surface area (Å²) >= 11 is 0. The topological polar surface area (TPSA) is 256 Å². The van der Waals surface area contributed by atoms with Crippen LogP contribution in [-0.4, -0.2) is 125 Å². The van der Waals surface area contributed by atoms with Crippen LogP contribution in [0.1, 0.15) is 0 Å². The van der Waals surface area contributed by atoms with Crippen molar-refractivity contribution < 1.29 is 68.8 Å². The first-order valence-electron chi connectivity index (χ1n) is 11.4. The van der Waals surface area contributed by atoms with Gasteiger partial charge in [-0.05, 0) is 9.85 Å². The number of rotatable bonds is 19. The van der Waals surface area contributed by atoms with E-state index in [2.05, 4.69) is 9.97 Å². The van der Waals surface area contributed by atoms with Crippen molar-refractivity contribution in [3.05, 3.63) is 45.3 Å². The van der Waals surface area contributed by atoms with Crippen LogP contribution >= 0.6 is 0 Å². The smallest absolute Gasteiger partial charge is 0.480 e. The van der Waals surface area contributed by atoms with E-state index in [1.54, 1.807) is 0 Å². The number of nitro groups is 2. The SMILES string of the molecule is O=C(O)CN(CCN(CC(=O)O)CC(=O)OCCn1cncc1[N+](=O)[O-])CC(=O)OCCn1cncc1[N+](=O)[O-].[99Tc+7]. The van der Waals surface area contributed by atoms with Crippen molar-refractivity contribution in [1.29, 1.82) is 0 Å². The summed E-state index contributed by atoms with van der Waals surface area (Å²) in [6.07, 6.45) is 4.43. The number of hydrogen-bond donors (Lipinski definition) is 2. The van der Waals surface area contributed by atoms with Crippen LogP contribution < -0.4 is 0 Å². The summed E-state index contributed by atoms with van der Waals surface area (Å²) in [7, 11) is 0. The number of carbonyl (C=O) groups is 4. The predicted molar refractivity (Wildman–Crippen MR) is 128 cm³/mol. The van der Waals surface area contributed by atoms with Crippen LogP contribution in [0.2, 0.25) is 0 Å². The number of ether oxygens (including phenoxy) is 2. The van der Waals surface area contributed by atoms with Crippen LogP contribution in [0.3, 0.4) is 0 Å². The van der Waals surface area contributed by atoms with Gasteiger partial charge >= 0.3 is 55.6 Å². The van der Waals surface area contributed by atoms with E-state index in [0.717, 1.165) is 31.3 Å². The molecule has 0 saturated carbocycles. The zero-order chi connectivity index (χ0) is 29.7. The summed E-state index contributed by atoms with van der Waals surface area (Å²) in [5.74, 6) is -4.82. The van der Waals surface area contributed by atoms with Crippen LogP contribution in [-0.2, 0) is 61.8 Å². The van der Waals surface area contributed by atoms with Crippen LogP contribution in [0.5, 0.6) is 0 Å². The maximum Gasteiger partial charge on any atom is 7.00 e. The van der Waals surface area contributed by atoms with Gasteiger partial charge in [0.05, 0.1) is 26.2 Å². The summed E-state index contributed by atoms with van der Waals surface area (Å²) < 4.78 is 12.4. The molecule has 0 aliphatic carbocycles. The molecule has 0 spiro atoms. The van der Waals surface area contributed by atoms with Crippen molar-refractivity contribution in [1.82, 2.24) is 28.9 Å². The van der Waals surface area contributed by atoms with Crippen LogP contribution in [0, 0.1) is 20.2 Å². The number of carboxylic acid groups (broad SMARTS) is 2. The van der Waals surface area contributed by atoms with E-state index in [1.807, 2.05) is 0 Å². The molecule has 0 saturated heterocycles. The van der Waals surface area contributed by atoms with E-state index >= 15 is 0 Å². The summed E-state index contributed by atoms with van der Waals surface area (Å²) in [4.78, 5) is 77.0. The molecule has 2 aromatic rings. The fraction of sp³-hybridized carbons (Fsp3) is 0.500. The van der Waals surface area contributed by atoms with Gasteiger partial charge in [0.25, 0.3) is 0 Å². The van der Waals surface area contributed by atoms with Gasteiger partial charge in [0, 0.05) is 13.1 Å². The van der Waals surface area contributed by atoms with Crippen molar-refractivity contribution in [2.45, 2.75) is 13.1 Å². The van der Waals surface area contributed by atoms with E-state index in [1.165, 1.54) is 12.7 Å². The van der Waals surface area contributed by atoms with E-state index in [9.17, 15) is 39.4 Å². The van der Waals surface area contributed by atoms with Gasteiger partial charge in [0.15, 0.2) is 12.7 Å². The minimum absolute atomic E-state index is 0. The Morgan fingerprint density at radius 3 is 1.44 bits per heavy atom. The average molecular weight is 669 g/mol. The number of imidazole rings is 2. The number of esters is 2. The Kier molecular flexibility index (Phi) is 14.7. The van der Waals surface area contributed by atoms with Gasteiger partial charge in [-0.1, -0.05) is 0 Å². The molecule has 2 rings (SSSR count). The minimum Gasteiger partial charge on any atom is -0.480 e. The van der Waals surface area contributed by atoms with Gasteiger partial charge in [-0.3, -0.25) is 29.0 Å². The molecule has 0 radical (unpaired) electrons. The molecule has 0 fully saturated rings. The van der Waals surface area contributed by atoms with Crippen molar-refractivity contribution in [2.24, 2.45) is 0 Å². The van der Waals surface area contributed by atoms with Gasteiger partial charge in [0.2, 0.25) is 0 Å². The quantitative estimate of drug-likeness (QED) is 0.0975. The Morgan fingerprint density at radius 2 is 1.12 bits per heavy atom. The summed E-state index contributed by atoms with van der Waals surface area (Å²) in [6.45, 7) is -3.11. The van der Waals surface area contributed by atoms with Crippen LogP contribution in [0.15, 0.2) is 25.0 Å². The number of hydrogen-bond acceptors (Lipinski definition) is 14. The number of aromatic nitrogens is 4. The zero-order valence-electron chi connectivity index (χ0n) is 21.3. The monoisotopic (exact) mass is 669 g/mol. The third-order valence-corrected chi connectivity index (χ3v) is 5.10. The Labute approximate surface area is 244 Å². The second-order valence-electron chi connectivity index (χ2n) is 8.05. The average Bonchev–Trinajstić information content (AvgIpc) is 3.51. The normalized spacial score (nSPS) is 10.7. The minimum atomic E-state index is -1.28. The van der Waals surface area contributed by atoms with Gasteiger partial charge in [-0.2, -0.15) is 0 Å². The standard InChI is InChI=1S/C20H26N8O12.Tc/c29-17(30)9-23(11-19(33)39-5-3-25-13-21-7-15(25)27(35)36)1-2-24(10-18(31)32)12-20(34)40-6-4-26-14-22-8-16(26)28(37)38;/h7-8,13-14H,1-6,9-12H2,(H,29,30)(H,31,32);/q;+7/i;1+1. The van der Waals surface area contributed by atoms with Gasteiger partial charge in [-0.25, -0.2) is 19.1 Å². The summed E-state index contributed by atoms with van der Waals surface area (Å²) in [5, 5.41) is 40.1.